The van der Waals surface area contributed by atoms with Gasteiger partial charge in [0, 0.05) is 25.1 Å². The Hall–Kier alpha value is -0.960. The first-order chi connectivity index (χ1) is 7.00. The first kappa shape index (κ1) is 10.6. The summed E-state index contributed by atoms with van der Waals surface area (Å²) in [5.41, 5.74) is 0.643. The van der Waals surface area contributed by atoms with E-state index in [0.717, 1.165) is 19.2 Å². The van der Waals surface area contributed by atoms with Crippen LogP contribution in [-0.2, 0) is 0 Å². The van der Waals surface area contributed by atoms with E-state index >= 15 is 0 Å². The molecule has 0 aliphatic carbocycles. The van der Waals surface area contributed by atoms with Gasteiger partial charge in [-0.3, -0.25) is 0 Å². The van der Waals surface area contributed by atoms with Gasteiger partial charge in [-0.2, -0.15) is 0 Å². The summed E-state index contributed by atoms with van der Waals surface area (Å²) < 4.78 is 26.3. The maximum absolute atomic E-state index is 13.6. The topological polar surface area (TPSA) is 12.0 Å². The highest BCUT2D eigenvalue weighted by atomic mass is 19.1. The van der Waals surface area contributed by atoms with Crippen LogP contribution in [0.3, 0.4) is 0 Å². The molecule has 0 unspecified atom stereocenters. The minimum Gasteiger partial charge on any atom is -0.316 e. The smallest absolute Gasteiger partial charge is 0.129 e. The molecule has 0 radical (unpaired) electrons. The molecule has 0 aromatic heterocycles. The summed E-state index contributed by atoms with van der Waals surface area (Å²) >= 11 is 0. The molecule has 1 nitrogen and oxygen atoms in total. The first-order valence-electron chi connectivity index (χ1n) is 5.16. The lowest BCUT2D eigenvalue weighted by Gasteiger charge is -2.26. The molecule has 1 aromatic rings. The molecule has 0 saturated carbocycles. The zero-order valence-electron chi connectivity index (χ0n) is 8.98. The number of hydrogen-bond acceptors (Lipinski definition) is 1. The highest BCUT2D eigenvalue weighted by Crippen LogP contribution is 2.39. The maximum atomic E-state index is 13.6. The Morgan fingerprint density at radius 1 is 1.33 bits per heavy atom. The molecular formula is C12H15F2N. The molecule has 1 saturated heterocycles. The number of benzene rings is 1. The van der Waals surface area contributed by atoms with Crippen LogP contribution in [0.4, 0.5) is 8.78 Å². The highest BCUT2D eigenvalue weighted by molar-refractivity contribution is 5.26. The second-order valence-corrected chi connectivity index (χ2v) is 4.84. The molecule has 15 heavy (non-hydrogen) atoms. The normalized spacial score (nSPS) is 24.4. The van der Waals surface area contributed by atoms with Crippen LogP contribution in [0.15, 0.2) is 18.2 Å². The molecule has 82 valence electrons. The van der Waals surface area contributed by atoms with Gasteiger partial charge in [-0.15, -0.1) is 0 Å². The average Bonchev–Trinajstić information content (AvgIpc) is 2.46. The number of nitrogens with one attached hydrogen (secondary N) is 1. The average molecular weight is 211 g/mol. The van der Waals surface area contributed by atoms with E-state index in [4.69, 9.17) is 0 Å². The molecule has 1 aromatic carbocycles. The molecule has 1 aliphatic heterocycles. The van der Waals surface area contributed by atoms with E-state index in [1.165, 1.54) is 6.07 Å². The van der Waals surface area contributed by atoms with Gasteiger partial charge in [0.1, 0.15) is 11.6 Å². The summed E-state index contributed by atoms with van der Waals surface area (Å²) in [4.78, 5) is 0. The van der Waals surface area contributed by atoms with Gasteiger partial charge < -0.3 is 5.32 Å². The van der Waals surface area contributed by atoms with Crippen LogP contribution in [0.5, 0.6) is 0 Å². The lowest BCUT2D eigenvalue weighted by molar-refractivity contribution is 0.354. The number of halogens is 2. The molecule has 0 amide bonds. The first-order valence-corrected chi connectivity index (χ1v) is 5.16. The lowest BCUT2D eigenvalue weighted by atomic mass is 9.77. The van der Waals surface area contributed by atoms with Gasteiger partial charge in [-0.1, -0.05) is 19.9 Å². The zero-order chi connectivity index (χ0) is 11.1. The van der Waals surface area contributed by atoms with Gasteiger partial charge in [0.15, 0.2) is 0 Å². The molecule has 3 heteroatoms. The summed E-state index contributed by atoms with van der Waals surface area (Å²) in [6.07, 6.45) is 0. The van der Waals surface area contributed by atoms with Gasteiger partial charge in [-0.25, -0.2) is 8.78 Å². The molecular weight excluding hydrogens is 196 g/mol. The van der Waals surface area contributed by atoms with Crippen LogP contribution >= 0.6 is 0 Å². The van der Waals surface area contributed by atoms with Crippen LogP contribution in [-0.4, -0.2) is 13.1 Å². The van der Waals surface area contributed by atoms with Gasteiger partial charge in [-0.05, 0) is 17.0 Å². The molecule has 1 fully saturated rings. The largest absolute Gasteiger partial charge is 0.316 e. The van der Waals surface area contributed by atoms with Crippen molar-refractivity contribution >= 4 is 0 Å². The van der Waals surface area contributed by atoms with Gasteiger partial charge in [0.25, 0.3) is 0 Å². The van der Waals surface area contributed by atoms with Crippen molar-refractivity contribution in [3.05, 3.63) is 35.4 Å². The fourth-order valence-electron chi connectivity index (χ4n) is 2.25. The minimum absolute atomic E-state index is 0.0265. The van der Waals surface area contributed by atoms with Gasteiger partial charge in [0.05, 0.1) is 0 Å². The Kier molecular flexibility index (Phi) is 2.51. The number of hydrogen-bond donors (Lipinski definition) is 1. The fourth-order valence-corrected chi connectivity index (χ4v) is 2.25. The SMILES string of the molecule is CC1(C)CNC[C@H]1c1ccc(F)cc1F. The Balaban J connectivity index is 2.37. The van der Waals surface area contributed by atoms with E-state index in [-0.39, 0.29) is 11.3 Å². The van der Waals surface area contributed by atoms with E-state index < -0.39 is 11.6 Å². The Labute approximate surface area is 88.5 Å². The molecule has 0 bridgehead atoms. The van der Waals surface area contributed by atoms with E-state index in [1.807, 2.05) is 0 Å². The van der Waals surface area contributed by atoms with E-state index in [2.05, 4.69) is 19.2 Å². The van der Waals surface area contributed by atoms with Crippen molar-refractivity contribution in [3.63, 3.8) is 0 Å². The standard InChI is InChI=1S/C12H15F2N/c1-12(2)7-15-6-10(12)9-4-3-8(13)5-11(9)14/h3-5,10,15H,6-7H2,1-2H3/t10-/m0/s1. The van der Waals surface area contributed by atoms with Crippen molar-refractivity contribution < 1.29 is 8.78 Å². The molecule has 0 spiro atoms. The van der Waals surface area contributed by atoms with Crippen molar-refractivity contribution in [1.29, 1.82) is 0 Å². The van der Waals surface area contributed by atoms with Crippen molar-refractivity contribution in [3.8, 4) is 0 Å². The van der Waals surface area contributed by atoms with Crippen LogP contribution in [0, 0.1) is 17.0 Å². The maximum Gasteiger partial charge on any atom is 0.129 e. The van der Waals surface area contributed by atoms with E-state index in [1.54, 1.807) is 6.07 Å². The van der Waals surface area contributed by atoms with Crippen LogP contribution in [0.25, 0.3) is 0 Å². The van der Waals surface area contributed by atoms with Gasteiger partial charge in [0.2, 0.25) is 0 Å². The summed E-state index contributed by atoms with van der Waals surface area (Å²) in [5.74, 6) is -0.824. The summed E-state index contributed by atoms with van der Waals surface area (Å²) in [6, 6.07) is 3.85. The predicted octanol–water partition coefficient (Wildman–Crippen LogP) is 2.68. The van der Waals surface area contributed by atoms with Crippen molar-refractivity contribution in [2.24, 2.45) is 5.41 Å². The Morgan fingerprint density at radius 2 is 2.07 bits per heavy atom. The summed E-state index contributed by atoms with van der Waals surface area (Å²) in [6.45, 7) is 5.82. The minimum atomic E-state index is -0.514. The van der Waals surface area contributed by atoms with Gasteiger partial charge >= 0.3 is 0 Å². The third kappa shape index (κ3) is 1.88. The molecule has 1 heterocycles. The molecule has 1 aliphatic rings. The quantitative estimate of drug-likeness (QED) is 0.753. The Morgan fingerprint density at radius 3 is 2.60 bits per heavy atom. The van der Waals surface area contributed by atoms with Crippen LogP contribution < -0.4 is 5.32 Å². The second kappa shape index (κ2) is 3.56. The predicted molar refractivity (Wildman–Crippen MR) is 55.7 cm³/mol. The zero-order valence-corrected chi connectivity index (χ0v) is 8.98. The third-order valence-electron chi connectivity index (χ3n) is 3.21. The molecule has 1 atom stereocenters. The second-order valence-electron chi connectivity index (χ2n) is 4.84. The van der Waals surface area contributed by atoms with Crippen LogP contribution in [0.1, 0.15) is 25.3 Å². The monoisotopic (exact) mass is 211 g/mol. The van der Waals surface area contributed by atoms with Crippen molar-refractivity contribution in [1.82, 2.24) is 5.32 Å². The van der Waals surface area contributed by atoms with E-state index in [0.29, 0.717) is 5.56 Å². The van der Waals surface area contributed by atoms with Crippen molar-refractivity contribution in [2.75, 3.05) is 13.1 Å². The Bertz CT molecular complexity index is 374. The highest BCUT2D eigenvalue weighted by Gasteiger charge is 2.36. The lowest BCUT2D eigenvalue weighted by Crippen LogP contribution is -2.21. The van der Waals surface area contributed by atoms with Crippen LogP contribution in [0.2, 0.25) is 0 Å². The molecule has 1 N–H and O–H groups in total. The summed E-state index contributed by atoms with van der Waals surface area (Å²) in [5, 5.41) is 3.24. The summed E-state index contributed by atoms with van der Waals surface area (Å²) in [7, 11) is 0. The third-order valence-corrected chi connectivity index (χ3v) is 3.21. The molecule has 2 rings (SSSR count). The van der Waals surface area contributed by atoms with E-state index in [9.17, 15) is 8.78 Å². The number of rotatable bonds is 1. The fraction of sp³-hybridized carbons (Fsp3) is 0.500. The van der Waals surface area contributed by atoms with Crippen molar-refractivity contribution in [2.45, 2.75) is 19.8 Å².